The van der Waals surface area contributed by atoms with Crippen LogP contribution in [0.25, 0.3) is 10.3 Å². The van der Waals surface area contributed by atoms with Crippen LogP contribution in [-0.2, 0) is 0 Å². The molecule has 6 nitrogen and oxygen atoms in total. The number of thiophene rings is 1. The molecule has 2 aromatic rings. The summed E-state index contributed by atoms with van der Waals surface area (Å²) in [7, 11) is 1.88. The summed E-state index contributed by atoms with van der Waals surface area (Å²) in [6, 6.07) is 0. The lowest BCUT2D eigenvalue weighted by Crippen LogP contribution is -2.26. The van der Waals surface area contributed by atoms with Crippen molar-refractivity contribution in [1.82, 2.24) is 20.6 Å². The lowest BCUT2D eigenvalue weighted by molar-refractivity contribution is 0.0958. The molecule has 0 aliphatic rings. The molecule has 0 aliphatic heterocycles. The van der Waals surface area contributed by atoms with E-state index in [1.807, 2.05) is 7.05 Å². The van der Waals surface area contributed by atoms with E-state index in [0.717, 1.165) is 13.0 Å². The highest BCUT2D eigenvalue weighted by Gasteiger charge is 2.17. The number of nitrogens with one attached hydrogen (secondary N) is 2. The van der Waals surface area contributed by atoms with Crippen LogP contribution in [0.3, 0.4) is 0 Å². The molecule has 2 heterocycles. The normalized spacial score (nSPS) is 10.7. The van der Waals surface area contributed by atoms with Gasteiger partial charge in [-0.2, -0.15) is 0 Å². The van der Waals surface area contributed by atoms with Crippen LogP contribution in [0.2, 0.25) is 0 Å². The van der Waals surface area contributed by atoms with Crippen LogP contribution in [0.5, 0.6) is 0 Å². The zero-order valence-electron chi connectivity index (χ0n) is 10.1. The largest absolute Gasteiger partial charge is 0.396 e. The number of fused-ring (bicyclic) bond motifs is 1. The van der Waals surface area contributed by atoms with E-state index in [1.54, 1.807) is 12.4 Å². The molecule has 0 aliphatic carbocycles. The van der Waals surface area contributed by atoms with Crippen molar-refractivity contribution in [2.45, 2.75) is 6.42 Å². The molecule has 0 fully saturated rings. The van der Waals surface area contributed by atoms with Gasteiger partial charge in [0.1, 0.15) is 15.2 Å². The van der Waals surface area contributed by atoms with Crippen LogP contribution in [-0.4, -0.2) is 36.0 Å². The minimum absolute atomic E-state index is 0.159. The Kier molecular flexibility index (Phi) is 4.06. The molecular formula is C11H15N5OS. The molecule has 18 heavy (non-hydrogen) atoms. The number of amides is 1. The number of hydrogen-bond donors (Lipinski definition) is 3. The van der Waals surface area contributed by atoms with E-state index in [9.17, 15) is 4.79 Å². The predicted octanol–water partition coefficient (Wildman–Crippen LogP) is 0.613. The average Bonchev–Trinajstić information content (AvgIpc) is 2.73. The third-order valence-electron chi connectivity index (χ3n) is 2.46. The first-order chi connectivity index (χ1) is 8.74. The summed E-state index contributed by atoms with van der Waals surface area (Å²) in [5.74, 6) is -0.159. The number of hydrogen-bond acceptors (Lipinski definition) is 6. The summed E-state index contributed by atoms with van der Waals surface area (Å²) in [5.41, 5.74) is 6.92. The molecule has 2 aromatic heterocycles. The van der Waals surface area contributed by atoms with Crippen molar-refractivity contribution < 1.29 is 4.79 Å². The third-order valence-corrected chi connectivity index (χ3v) is 3.56. The van der Waals surface area contributed by atoms with Gasteiger partial charge in [-0.25, -0.2) is 9.97 Å². The second kappa shape index (κ2) is 5.74. The third kappa shape index (κ3) is 2.57. The van der Waals surface area contributed by atoms with Gasteiger partial charge in [-0.05, 0) is 20.0 Å². The first-order valence-corrected chi connectivity index (χ1v) is 6.47. The molecule has 0 radical (unpaired) electrons. The Bertz CT molecular complexity index is 553. The molecule has 2 rings (SSSR count). The van der Waals surface area contributed by atoms with Gasteiger partial charge in [0.2, 0.25) is 0 Å². The highest BCUT2D eigenvalue weighted by molar-refractivity contribution is 7.21. The zero-order chi connectivity index (χ0) is 13.0. The van der Waals surface area contributed by atoms with Gasteiger partial charge in [0.05, 0.1) is 5.69 Å². The highest BCUT2D eigenvalue weighted by atomic mass is 32.1. The zero-order valence-corrected chi connectivity index (χ0v) is 10.9. The van der Waals surface area contributed by atoms with Gasteiger partial charge < -0.3 is 16.4 Å². The number of aromatic nitrogens is 2. The summed E-state index contributed by atoms with van der Waals surface area (Å²) in [6.45, 7) is 1.49. The Hall–Kier alpha value is -1.73. The van der Waals surface area contributed by atoms with Crippen LogP contribution >= 0.6 is 11.3 Å². The van der Waals surface area contributed by atoms with Crippen molar-refractivity contribution in [2.75, 3.05) is 25.9 Å². The minimum atomic E-state index is -0.159. The summed E-state index contributed by atoms with van der Waals surface area (Å²) in [5, 5.41) is 5.85. The van der Waals surface area contributed by atoms with Crippen molar-refractivity contribution in [2.24, 2.45) is 0 Å². The van der Waals surface area contributed by atoms with Crippen LogP contribution < -0.4 is 16.4 Å². The fourth-order valence-corrected chi connectivity index (χ4v) is 2.50. The second-order valence-electron chi connectivity index (χ2n) is 3.77. The van der Waals surface area contributed by atoms with E-state index >= 15 is 0 Å². The van der Waals surface area contributed by atoms with Crippen molar-refractivity contribution in [1.29, 1.82) is 0 Å². The van der Waals surface area contributed by atoms with Gasteiger partial charge in [0.15, 0.2) is 0 Å². The van der Waals surface area contributed by atoms with Crippen molar-refractivity contribution in [3.63, 3.8) is 0 Å². The topological polar surface area (TPSA) is 92.9 Å². The summed E-state index contributed by atoms with van der Waals surface area (Å²) in [4.78, 5) is 21.4. The quantitative estimate of drug-likeness (QED) is 0.689. The Morgan fingerprint density at radius 1 is 1.39 bits per heavy atom. The van der Waals surface area contributed by atoms with Gasteiger partial charge in [0, 0.05) is 18.9 Å². The molecule has 96 valence electrons. The molecule has 0 atom stereocenters. The summed E-state index contributed by atoms with van der Waals surface area (Å²) < 4.78 is 0. The van der Waals surface area contributed by atoms with E-state index in [0.29, 0.717) is 27.5 Å². The van der Waals surface area contributed by atoms with E-state index in [-0.39, 0.29) is 5.91 Å². The second-order valence-corrected chi connectivity index (χ2v) is 4.77. The van der Waals surface area contributed by atoms with Gasteiger partial charge in [-0.3, -0.25) is 4.79 Å². The van der Waals surface area contributed by atoms with Crippen molar-refractivity contribution >= 4 is 33.3 Å². The number of carbonyl (C=O) groups excluding carboxylic acids is 1. The number of carbonyl (C=O) groups is 1. The number of rotatable bonds is 5. The lowest BCUT2D eigenvalue weighted by atomic mass is 10.3. The monoisotopic (exact) mass is 265 g/mol. The standard InChI is InChI=1S/C11H15N5OS/c1-13-3-2-4-15-10(17)9-7(12)8-11(18-9)16-6-5-14-8/h5-6,13H,2-4,12H2,1H3,(H,15,17). The summed E-state index contributed by atoms with van der Waals surface area (Å²) in [6.07, 6.45) is 4.04. The number of nitrogens with zero attached hydrogens (tertiary/aromatic N) is 2. The molecule has 4 N–H and O–H groups in total. The van der Waals surface area contributed by atoms with Gasteiger partial charge in [0.25, 0.3) is 5.91 Å². The fraction of sp³-hybridized carbons (Fsp3) is 0.364. The SMILES string of the molecule is CNCCCNC(=O)c1sc2nccnc2c1N. The first kappa shape index (κ1) is 12.7. The number of nitrogens with two attached hydrogens (primary N) is 1. The molecule has 0 saturated heterocycles. The Balaban J connectivity index is 2.10. The van der Waals surface area contributed by atoms with Crippen LogP contribution in [0, 0.1) is 0 Å². The lowest BCUT2D eigenvalue weighted by Gasteiger charge is -2.03. The maximum atomic E-state index is 11.9. The molecule has 0 spiro atoms. The first-order valence-electron chi connectivity index (χ1n) is 5.66. The molecule has 0 saturated carbocycles. The molecule has 0 aromatic carbocycles. The molecule has 0 bridgehead atoms. The smallest absolute Gasteiger partial charge is 0.263 e. The molecule has 1 amide bonds. The van der Waals surface area contributed by atoms with E-state index in [1.165, 1.54) is 11.3 Å². The molecule has 0 unspecified atom stereocenters. The predicted molar refractivity (Wildman–Crippen MR) is 72.7 cm³/mol. The summed E-state index contributed by atoms with van der Waals surface area (Å²) >= 11 is 1.27. The van der Waals surface area contributed by atoms with Gasteiger partial charge >= 0.3 is 0 Å². The number of anilines is 1. The minimum Gasteiger partial charge on any atom is -0.396 e. The van der Waals surface area contributed by atoms with Gasteiger partial charge in [-0.15, -0.1) is 11.3 Å². The van der Waals surface area contributed by atoms with E-state index in [4.69, 9.17) is 5.73 Å². The molecular weight excluding hydrogens is 250 g/mol. The fourth-order valence-electron chi connectivity index (χ4n) is 1.56. The van der Waals surface area contributed by atoms with Crippen LogP contribution in [0.4, 0.5) is 5.69 Å². The Morgan fingerprint density at radius 3 is 2.89 bits per heavy atom. The average molecular weight is 265 g/mol. The molecule has 7 heteroatoms. The Morgan fingerprint density at radius 2 is 2.17 bits per heavy atom. The van der Waals surface area contributed by atoms with E-state index < -0.39 is 0 Å². The highest BCUT2D eigenvalue weighted by Crippen LogP contribution is 2.30. The van der Waals surface area contributed by atoms with Crippen LogP contribution in [0.15, 0.2) is 12.4 Å². The maximum absolute atomic E-state index is 11.9. The Labute approximate surface area is 109 Å². The van der Waals surface area contributed by atoms with Crippen LogP contribution in [0.1, 0.15) is 16.1 Å². The van der Waals surface area contributed by atoms with Gasteiger partial charge in [-0.1, -0.05) is 0 Å². The maximum Gasteiger partial charge on any atom is 0.263 e. The van der Waals surface area contributed by atoms with E-state index in [2.05, 4.69) is 20.6 Å². The van der Waals surface area contributed by atoms with Crippen molar-refractivity contribution in [3.8, 4) is 0 Å². The number of nitrogen functional groups attached to an aromatic ring is 1. The van der Waals surface area contributed by atoms with Crippen molar-refractivity contribution in [3.05, 3.63) is 17.3 Å².